The minimum Gasteiger partial charge on any atom is -0.477 e. The normalized spacial score (nSPS) is 10.5. The van der Waals surface area contributed by atoms with Gasteiger partial charge < -0.3 is 10.4 Å². The fourth-order valence-electron chi connectivity index (χ4n) is 1.54. The predicted octanol–water partition coefficient (Wildman–Crippen LogP) is 1.85. The molecule has 0 atom stereocenters. The molecule has 0 aliphatic rings. The van der Waals surface area contributed by atoms with Crippen LogP contribution in [0.3, 0.4) is 0 Å². The van der Waals surface area contributed by atoms with Gasteiger partial charge in [0.05, 0.1) is 5.69 Å². The van der Waals surface area contributed by atoms with E-state index in [2.05, 4.69) is 15.4 Å². The standard InChI is InChI=1S/C11H14N4O2S/c1-8-9(10(16)17)18-11(14-8)12-4-2-6-15-7-3-5-13-15/h3,5,7H,2,4,6H2,1H3,(H,12,14)(H,16,17). The molecule has 0 amide bonds. The maximum atomic E-state index is 10.9. The fourth-order valence-corrected chi connectivity index (χ4v) is 2.37. The van der Waals surface area contributed by atoms with Gasteiger partial charge in [0, 0.05) is 25.5 Å². The molecule has 0 aromatic carbocycles. The third kappa shape index (κ3) is 3.07. The number of carboxylic acids is 1. The number of aromatic nitrogens is 3. The quantitative estimate of drug-likeness (QED) is 0.780. The van der Waals surface area contributed by atoms with E-state index in [0.29, 0.717) is 15.7 Å². The van der Waals surface area contributed by atoms with Crippen LogP contribution in [0.15, 0.2) is 18.5 Å². The van der Waals surface area contributed by atoms with E-state index in [4.69, 9.17) is 5.11 Å². The smallest absolute Gasteiger partial charge is 0.347 e. The molecule has 2 aromatic heterocycles. The van der Waals surface area contributed by atoms with Crippen LogP contribution in [0.4, 0.5) is 5.13 Å². The van der Waals surface area contributed by atoms with Crippen LogP contribution in [0.2, 0.25) is 0 Å². The number of hydrogen-bond donors (Lipinski definition) is 2. The first-order chi connectivity index (χ1) is 8.66. The van der Waals surface area contributed by atoms with Crippen LogP contribution >= 0.6 is 11.3 Å². The molecule has 0 saturated carbocycles. The number of anilines is 1. The lowest BCUT2D eigenvalue weighted by molar-refractivity contribution is 0.0701. The lowest BCUT2D eigenvalue weighted by Gasteiger charge is -2.02. The third-order valence-electron chi connectivity index (χ3n) is 2.39. The van der Waals surface area contributed by atoms with Gasteiger partial charge in [0.15, 0.2) is 5.13 Å². The van der Waals surface area contributed by atoms with Crippen LogP contribution < -0.4 is 5.32 Å². The fraction of sp³-hybridized carbons (Fsp3) is 0.364. The summed E-state index contributed by atoms with van der Waals surface area (Å²) in [6.45, 7) is 3.27. The van der Waals surface area contributed by atoms with E-state index in [-0.39, 0.29) is 0 Å². The maximum Gasteiger partial charge on any atom is 0.347 e. The first kappa shape index (κ1) is 12.6. The second-order valence-corrected chi connectivity index (χ2v) is 4.79. The van der Waals surface area contributed by atoms with E-state index in [1.54, 1.807) is 13.1 Å². The van der Waals surface area contributed by atoms with Gasteiger partial charge in [0.25, 0.3) is 0 Å². The highest BCUT2D eigenvalue weighted by Gasteiger charge is 2.13. The van der Waals surface area contributed by atoms with Crippen LogP contribution in [0.1, 0.15) is 21.8 Å². The zero-order chi connectivity index (χ0) is 13.0. The number of aryl methyl sites for hydroxylation is 2. The topological polar surface area (TPSA) is 80.0 Å². The Morgan fingerprint density at radius 3 is 3.06 bits per heavy atom. The van der Waals surface area contributed by atoms with Crippen molar-refractivity contribution in [3.8, 4) is 0 Å². The van der Waals surface area contributed by atoms with Gasteiger partial charge in [0.2, 0.25) is 0 Å². The van der Waals surface area contributed by atoms with Crippen molar-refractivity contribution >= 4 is 22.4 Å². The zero-order valence-corrected chi connectivity index (χ0v) is 10.8. The third-order valence-corrected chi connectivity index (χ3v) is 3.49. The second kappa shape index (κ2) is 5.63. The van der Waals surface area contributed by atoms with E-state index in [1.165, 1.54) is 11.3 Å². The van der Waals surface area contributed by atoms with Gasteiger partial charge in [-0.1, -0.05) is 11.3 Å². The van der Waals surface area contributed by atoms with Gasteiger partial charge in [-0.2, -0.15) is 5.10 Å². The molecule has 2 rings (SSSR count). The molecule has 2 N–H and O–H groups in total. The highest BCUT2D eigenvalue weighted by atomic mass is 32.1. The maximum absolute atomic E-state index is 10.9. The monoisotopic (exact) mass is 266 g/mol. The summed E-state index contributed by atoms with van der Waals surface area (Å²) in [6, 6.07) is 1.89. The van der Waals surface area contributed by atoms with E-state index < -0.39 is 5.97 Å². The van der Waals surface area contributed by atoms with Crippen molar-refractivity contribution in [3.63, 3.8) is 0 Å². The molecule has 0 fully saturated rings. The first-order valence-corrected chi connectivity index (χ1v) is 6.40. The second-order valence-electron chi connectivity index (χ2n) is 3.79. The summed E-state index contributed by atoms with van der Waals surface area (Å²) in [6.07, 6.45) is 4.57. The average molecular weight is 266 g/mol. The van der Waals surface area contributed by atoms with Gasteiger partial charge in [-0.05, 0) is 19.4 Å². The minimum atomic E-state index is -0.922. The van der Waals surface area contributed by atoms with E-state index in [9.17, 15) is 4.79 Å². The van der Waals surface area contributed by atoms with Crippen LogP contribution in [-0.2, 0) is 6.54 Å². The van der Waals surface area contributed by atoms with Crippen LogP contribution in [0.25, 0.3) is 0 Å². The molecule has 0 aliphatic carbocycles. The van der Waals surface area contributed by atoms with Gasteiger partial charge in [-0.25, -0.2) is 9.78 Å². The molecule has 0 bridgehead atoms. The molecule has 96 valence electrons. The Morgan fingerprint density at radius 1 is 1.61 bits per heavy atom. The summed E-state index contributed by atoms with van der Waals surface area (Å²) in [7, 11) is 0. The van der Waals surface area contributed by atoms with Crippen molar-refractivity contribution in [1.82, 2.24) is 14.8 Å². The Hall–Kier alpha value is -1.89. The molecule has 7 heteroatoms. The first-order valence-electron chi connectivity index (χ1n) is 5.59. The van der Waals surface area contributed by atoms with Gasteiger partial charge in [-0.15, -0.1) is 0 Å². The van der Waals surface area contributed by atoms with Gasteiger partial charge >= 0.3 is 5.97 Å². The molecule has 0 radical (unpaired) electrons. The van der Waals surface area contributed by atoms with Crippen molar-refractivity contribution in [2.75, 3.05) is 11.9 Å². The molecule has 2 aromatic rings. The van der Waals surface area contributed by atoms with Gasteiger partial charge in [-0.3, -0.25) is 4.68 Å². The summed E-state index contributed by atoms with van der Waals surface area (Å²) < 4.78 is 1.86. The Bertz CT molecular complexity index is 521. The van der Waals surface area contributed by atoms with Crippen molar-refractivity contribution in [2.45, 2.75) is 19.9 Å². The molecular weight excluding hydrogens is 252 g/mol. The lowest BCUT2D eigenvalue weighted by atomic mass is 10.4. The molecule has 0 spiro atoms. The minimum absolute atomic E-state index is 0.296. The largest absolute Gasteiger partial charge is 0.477 e. The predicted molar refractivity (Wildman–Crippen MR) is 69.1 cm³/mol. The highest BCUT2D eigenvalue weighted by molar-refractivity contribution is 7.17. The zero-order valence-electron chi connectivity index (χ0n) is 9.96. The number of carbonyl (C=O) groups is 1. The van der Waals surface area contributed by atoms with Crippen LogP contribution in [-0.4, -0.2) is 32.4 Å². The summed E-state index contributed by atoms with van der Waals surface area (Å²) in [4.78, 5) is 15.3. The van der Waals surface area contributed by atoms with Gasteiger partial charge in [0.1, 0.15) is 4.88 Å². The van der Waals surface area contributed by atoms with Crippen molar-refractivity contribution in [3.05, 3.63) is 29.0 Å². The molecule has 6 nitrogen and oxygen atoms in total. The lowest BCUT2D eigenvalue weighted by Crippen LogP contribution is -2.06. The summed E-state index contributed by atoms with van der Waals surface area (Å²) in [5, 5.41) is 16.8. The Labute approximate surface area is 108 Å². The number of thiazole rings is 1. The Balaban J connectivity index is 1.80. The number of carboxylic acid groups (broad SMARTS) is 1. The highest BCUT2D eigenvalue weighted by Crippen LogP contribution is 2.22. The Kier molecular flexibility index (Phi) is 3.93. The van der Waals surface area contributed by atoms with Crippen LogP contribution in [0.5, 0.6) is 0 Å². The van der Waals surface area contributed by atoms with Crippen molar-refractivity contribution < 1.29 is 9.90 Å². The number of nitrogens with zero attached hydrogens (tertiary/aromatic N) is 3. The summed E-state index contributed by atoms with van der Waals surface area (Å²) in [5.74, 6) is -0.922. The molecule has 2 heterocycles. The number of hydrogen-bond acceptors (Lipinski definition) is 5. The summed E-state index contributed by atoms with van der Waals surface area (Å²) in [5.41, 5.74) is 0.557. The molecular formula is C11H14N4O2S. The number of rotatable bonds is 6. The molecule has 18 heavy (non-hydrogen) atoms. The van der Waals surface area contributed by atoms with E-state index >= 15 is 0 Å². The van der Waals surface area contributed by atoms with E-state index in [1.807, 2.05) is 16.9 Å². The SMILES string of the molecule is Cc1nc(NCCCn2cccn2)sc1C(=O)O. The van der Waals surface area contributed by atoms with Crippen molar-refractivity contribution in [2.24, 2.45) is 0 Å². The molecule has 0 aliphatic heterocycles. The Morgan fingerprint density at radius 2 is 2.44 bits per heavy atom. The number of aromatic carboxylic acids is 1. The molecule has 0 unspecified atom stereocenters. The van der Waals surface area contributed by atoms with Crippen molar-refractivity contribution in [1.29, 1.82) is 0 Å². The molecule has 0 saturated heterocycles. The van der Waals surface area contributed by atoms with E-state index in [0.717, 1.165) is 19.5 Å². The van der Waals surface area contributed by atoms with Crippen LogP contribution in [0, 0.1) is 6.92 Å². The summed E-state index contributed by atoms with van der Waals surface area (Å²) >= 11 is 1.17. The number of nitrogens with one attached hydrogen (secondary N) is 1. The average Bonchev–Trinajstić information content (AvgIpc) is 2.94.